The van der Waals surface area contributed by atoms with Gasteiger partial charge in [0, 0.05) is 26.4 Å². The highest BCUT2D eigenvalue weighted by molar-refractivity contribution is 6.21. The Hall–Kier alpha value is -2.86. The summed E-state index contributed by atoms with van der Waals surface area (Å²) in [7, 11) is 1.76. The fraction of sp³-hybridized carbons (Fsp3) is 0.440. The van der Waals surface area contributed by atoms with Gasteiger partial charge in [0.2, 0.25) is 0 Å². The second kappa shape index (κ2) is 8.35. The number of aliphatic imine (C=N–C) groups is 1. The molecule has 1 aromatic carbocycles. The number of amides is 1. The smallest absolute Gasteiger partial charge is 0.410 e. The van der Waals surface area contributed by atoms with Crippen molar-refractivity contribution in [3.8, 4) is 0 Å². The van der Waals surface area contributed by atoms with Crippen molar-refractivity contribution in [2.24, 2.45) is 4.99 Å². The first-order valence-corrected chi connectivity index (χ1v) is 11.1. The van der Waals surface area contributed by atoms with Gasteiger partial charge in [-0.1, -0.05) is 30.3 Å². The lowest BCUT2D eigenvalue weighted by Crippen LogP contribution is -2.47. The van der Waals surface area contributed by atoms with Crippen LogP contribution in [0.3, 0.4) is 0 Å². The molecule has 6 nitrogen and oxygen atoms in total. The van der Waals surface area contributed by atoms with E-state index in [-0.39, 0.29) is 11.6 Å². The van der Waals surface area contributed by atoms with Crippen molar-refractivity contribution < 1.29 is 14.3 Å². The Morgan fingerprint density at radius 3 is 2.65 bits per heavy atom. The van der Waals surface area contributed by atoms with E-state index in [1.165, 1.54) is 22.7 Å². The maximum atomic E-state index is 12.6. The summed E-state index contributed by atoms with van der Waals surface area (Å²) in [5, 5.41) is 0. The number of carbonyl (C=O) groups excluding carboxylic acids is 1. The molecule has 1 aliphatic carbocycles. The number of hydrogen-bond acceptors (Lipinski definition) is 4. The molecule has 1 saturated heterocycles. The zero-order valence-electron chi connectivity index (χ0n) is 18.0. The summed E-state index contributed by atoms with van der Waals surface area (Å²) in [4.78, 5) is 19.8. The summed E-state index contributed by atoms with van der Waals surface area (Å²) >= 11 is 0. The van der Waals surface area contributed by atoms with E-state index < -0.39 is 0 Å². The molecule has 2 aromatic rings. The number of fused-ring (bicyclic) bond motifs is 4. The van der Waals surface area contributed by atoms with Crippen molar-refractivity contribution in [3.63, 3.8) is 0 Å². The molecule has 0 atom stereocenters. The minimum atomic E-state index is -0.256. The SMILES string of the molecule is COCC1=C2C(=NC3(CCN(C(=O)OCc4ccccc4)CC3)c3cccn32)CCC1. The molecule has 6 heteroatoms. The number of rotatable bonds is 4. The van der Waals surface area contributed by atoms with Crippen molar-refractivity contribution in [3.05, 3.63) is 65.5 Å². The van der Waals surface area contributed by atoms with Crippen LogP contribution in [0.15, 0.2) is 59.2 Å². The fourth-order valence-corrected chi connectivity index (χ4v) is 5.15. The zero-order valence-corrected chi connectivity index (χ0v) is 18.0. The second-order valence-corrected chi connectivity index (χ2v) is 8.62. The van der Waals surface area contributed by atoms with Crippen molar-refractivity contribution in [1.29, 1.82) is 0 Å². The minimum Gasteiger partial charge on any atom is -0.445 e. The van der Waals surface area contributed by atoms with Gasteiger partial charge in [0.05, 0.1) is 23.7 Å². The summed E-state index contributed by atoms with van der Waals surface area (Å²) in [6, 6.07) is 14.1. The van der Waals surface area contributed by atoms with E-state index in [0.717, 1.165) is 37.7 Å². The molecule has 2 aliphatic heterocycles. The lowest BCUT2D eigenvalue weighted by atomic mass is 9.81. The first kappa shape index (κ1) is 20.1. The quantitative estimate of drug-likeness (QED) is 0.727. The summed E-state index contributed by atoms with van der Waals surface area (Å²) < 4.78 is 13.4. The van der Waals surface area contributed by atoms with Gasteiger partial charge in [-0.3, -0.25) is 4.99 Å². The lowest BCUT2D eigenvalue weighted by molar-refractivity contribution is 0.0773. The monoisotopic (exact) mass is 419 g/mol. The number of hydrogen-bond donors (Lipinski definition) is 0. The van der Waals surface area contributed by atoms with Crippen LogP contribution < -0.4 is 0 Å². The van der Waals surface area contributed by atoms with E-state index in [0.29, 0.717) is 26.3 Å². The van der Waals surface area contributed by atoms with Crippen LogP contribution >= 0.6 is 0 Å². The number of piperidine rings is 1. The van der Waals surface area contributed by atoms with Crippen LogP contribution in [0.4, 0.5) is 4.79 Å². The Bertz CT molecular complexity index is 1010. The van der Waals surface area contributed by atoms with E-state index in [1.54, 1.807) is 7.11 Å². The van der Waals surface area contributed by atoms with Crippen LogP contribution in [-0.4, -0.2) is 48.1 Å². The van der Waals surface area contributed by atoms with E-state index in [1.807, 2.05) is 35.2 Å². The van der Waals surface area contributed by atoms with Crippen LogP contribution in [0.2, 0.25) is 0 Å². The van der Waals surface area contributed by atoms with E-state index in [9.17, 15) is 4.79 Å². The Morgan fingerprint density at radius 1 is 1.06 bits per heavy atom. The topological polar surface area (TPSA) is 56.1 Å². The number of allylic oxidation sites excluding steroid dienone is 1. The van der Waals surface area contributed by atoms with Gasteiger partial charge in [0.1, 0.15) is 12.1 Å². The number of nitrogens with zero attached hydrogens (tertiary/aromatic N) is 3. The predicted molar refractivity (Wildman–Crippen MR) is 120 cm³/mol. The Balaban J connectivity index is 1.33. The third-order valence-corrected chi connectivity index (χ3v) is 6.69. The standard InChI is InChI=1S/C25H29N3O3/c1-30-18-20-9-5-10-21-23(20)28-14-6-11-22(28)25(26-21)12-15-27(16-13-25)24(29)31-17-19-7-3-2-4-8-19/h2-4,6-8,11,14H,5,9-10,12-13,15-18H2,1H3. The van der Waals surface area contributed by atoms with Gasteiger partial charge in [-0.05, 0) is 55.4 Å². The van der Waals surface area contributed by atoms with Crippen molar-refractivity contribution >= 4 is 17.5 Å². The summed E-state index contributed by atoms with van der Waals surface area (Å²) in [6.45, 7) is 2.27. The number of methoxy groups -OCH3 is 1. The van der Waals surface area contributed by atoms with Gasteiger partial charge in [0.25, 0.3) is 0 Å². The largest absolute Gasteiger partial charge is 0.445 e. The van der Waals surface area contributed by atoms with Crippen molar-refractivity contribution in [2.45, 2.75) is 44.2 Å². The molecule has 0 unspecified atom stereocenters. The summed E-state index contributed by atoms with van der Waals surface area (Å²) in [5.74, 6) is 0. The first-order chi connectivity index (χ1) is 15.2. The number of aromatic nitrogens is 1. The maximum absolute atomic E-state index is 12.6. The van der Waals surface area contributed by atoms with Crippen LogP contribution in [0, 0.1) is 0 Å². The highest BCUT2D eigenvalue weighted by Crippen LogP contribution is 2.44. The molecule has 3 aliphatic rings. The highest BCUT2D eigenvalue weighted by Gasteiger charge is 2.43. The molecular formula is C25H29N3O3. The molecule has 1 spiro atoms. The van der Waals surface area contributed by atoms with Gasteiger partial charge in [-0.25, -0.2) is 4.79 Å². The van der Waals surface area contributed by atoms with Crippen molar-refractivity contribution in [2.75, 3.05) is 26.8 Å². The first-order valence-electron chi connectivity index (χ1n) is 11.1. The minimum absolute atomic E-state index is 0.238. The predicted octanol–water partition coefficient (Wildman–Crippen LogP) is 4.61. The van der Waals surface area contributed by atoms with Gasteiger partial charge in [-0.2, -0.15) is 0 Å². The molecule has 0 bridgehead atoms. The second-order valence-electron chi connectivity index (χ2n) is 8.62. The number of benzene rings is 1. The van der Waals surface area contributed by atoms with E-state index in [2.05, 4.69) is 22.9 Å². The molecule has 31 heavy (non-hydrogen) atoms. The average molecular weight is 420 g/mol. The lowest BCUT2D eigenvalue weighted by Gasteiger charge is -2.43. The number of likely N-dealkylation sites (tertiary alicyclic amines) is 1. The number of carbonyl (C=O) groups is 1. The molecule has 5 rings (SSSR count). The summed E-state index contributed by atoms with van der Waals surface area (Å²) in [6.07, 6.45) is 6.73. The molecule has 1 aromatic heterocycles. The van der Waals surface area contributed by atoms with Gasteiger partial charge in [0.15, 0.2) is 0 Å². The molecule has 1 amide bonds. The molecular weight excluding hydrogens is 390 g/mol. The molecule has 1 fully saturated rings. The van der Waals surface area contributed by atoms with Crippen LogP contribution in [0.1, 0.15) is 43.4 Å². The van der Waals surface area contributed by atoms with E-state index in [4.69, 9.17) is 14.5 Å². The third-order valence-electron chi connectivity index (χ3n) is 6.69. The van der Waals surface area contributed by atoms with Crippen LogP contribution in [-0.2, 0) is 21.6 Å². The van der Waals surface area contributed by atoms with Gasteiger partial charge < -0.3 is 18.9 Å². The molecule has 0 radical (unpaired) electrons. The Labute approximate surface area is 183 Å². The third kappa shape index (κ3) is 3.69. The Morgan fingerprint density at radius 2 is 1.87 bits per heavy atom. The molecule has 3 heterocycles. The van der Waals surface area contributed by atoms with Crippen LogP contribution in [0.25, 0.3) is 5.70 Å². The van der Waals surface area contributed by atoms with E-state index >= 15 is 0 Å². The highest BCUT2D eigenvalue weighted by atomic mass is 16.6. The summed E-state index contributed by atoms with van der Waals surface area (Å²) in [5.41, 5.74) is 5.75. The van der Waals surface area contributed by atoms with Gasteiger partial charge in [-0.15, -0.1) is 0 Å². The number of ether oxygens (including phenoxy) is 2. The fourth-order valence-electron chi connectivity index (χ4n) is 5.15. The normalized spacial score (nSPS) is 19.6. The average Bonchev–Trinajstić information content (AvgIpc) is 3.30. The Kier molecular flexibility index (Phi) is 5.40. The maximum Gasteiger partial charge on any atom is 0.410 e. The molecule has 162 valence electrons. The zero-order chi connectivity index (χ0) is 21.3. The van der Waals surface area contributed by atoms with Gasteiger partial charge >= 0.3 is 6.09 Å². The van der Waals surface area contributed by atoms with Crippen LogP contribution in [0.5, 0.6) is 0 Å². The molecule has 0 N–H and O–H groups in total. The van der Waals surface area contributed by atoms with Crippen molar-refractivity contribution in [1.82, 2.24) is 9.47 Å². The molecule has 0 saturated carbocycles.